The fourth-order valence-corrected chi connectivity index (χ4v) is 4.06. The first kappa shape index (κ1) is 18.2. The van der Waals surface area contributed by atoms with E-state index in [0.717, 1.165) is 31.2 Å². The Morgan fingerprint density at radius 3 is 2.43 bits per heavy atom. The van der Waals surface area contributed by atoms with Gasteiger partial charge in [-0.05, 0) is 69.2 Å². The van der Waals surface area contributed by atoms with Gasteiger partial charge in [-0.15, -0.1) is 0 Å². The van der Waals surface area contributed by atoms with Crippen LogP contribution in [0, 0.1) is 0 Å². The summed E-state index contributed by atoms with van der Waals surface area (Å²) in [5.74, 6) is 0.427. The maximum absolute atomic E-state index is 12.6. The average molecular weight is 341 g/mol. The van der Waals surface area contributed by atoms with Crippen molar-refractivity contribution in [3.63, 3.8) is 0 Å². The fourth-order valence-electron chi connectivity index (χ4n) is 2.79. The van der Waals surface area contributed by atoms with Gasteiger partial charge in [-0.3, -0.25) is 0 Å². The molecular weight excluding hydrogens is 314 g/mol. The van der Waals surface area contributed by atoms with E-state index in [9.17, 15) is 8.42 Å². The first-order valence-electron chi connectivity index (χ1n) is 8.25. The van der Waals surface area contributed by atoms with Crippen molar-refractivity contribution in [2.45, 2.75) is 57.0 Å². The zero-order chi connectivity index (χ0) is 16.9. The Morgan fingerprint density at radius 1 is 1.17 bits per heavy atom. The highest BCUT2D eigenvalue weighted by atomic mass is 32.2. The second-order valence-corrected chi connectivity index (χ2v) is 7.89. The maximum Gasteiger partial charge on any atom is 0.244 e. The largest absolute Gasteiger partial charge is 0.495 e. The minimum atomic E-state index is -3.57. The summed E-state index contributed by atoms with van der Waals surface area (Å²) >= 11 is 0. The summed E-state index contributed by atoms with van der Waals surface area (Å²) in [6, 6.07) is 3.66. The second kappa shape index (κ2) is 8.13. The van der Waals surface area contributed by atoms with Crippen LogP contribution in [0.3, 0.4) is 0 Å². The molecule has 0 saturated heterocycles. The van der Waals surface area contributed by atoms with Crippen LogP contribution in [-0.4, -0.2) is 34.8 Å². The number of hydrogen-bond acceptors (Lipinski definition) is 4. The molecule has 0 heterocycles. The number of sulfonamides is 1. The molecule has 5 nitrogen and oxygen atoms in total. The van der Waals surface area contributed by atoms with E-state index in [2.05, 4.69) is 4.72 Å². The van der Waals surface area contributed by atoms with Gasteiger partial charge in [0.05, 0.1) is 13.2 Å². The zero-order valence-corrected chi connectivity index (χ0v) is 15.0. The summed E-state index contributed by atoms with van der Waals surface area (Å²) in [6.07, 6.45) is 4.99. The molecule has 0 radical (unpaired) electrons. The summed E-state index contributed by atoms with van der Waals surface area (Å²) in [5, 5.41) is 0. The van der Waals surface area contributed by atoms with Crippen LogP contribution < -0.4 is 9.46 Å². The van der Waals surface area contributed by atoms with E-state index < -0.39 is 10.0 Å². The summed E-state index contributed by atoms with van der Waals surface area (Å²) in [4.78, 5) is 0.241. The number of hydrogen-bond donors (Lipinski definition) is 1. The van der Waals surface area contributed by atoms with Gasteiger partial charge < -0.3 is 9.47 Å². The maximum atomic E-state index is 12.6. The molecule has 23 heavy (non-hydrogen) atoms. The third-order valence-electron chi connectivity index (χ3n) is 3.98. The highest BCUT2D eigenvalue weighted by molar-refractivity contribution is 7.89. The predicted octanol–water partition coefficient (Wildman–Crippen LogP) is 2.67. The molecular formula is C17H27NO4S. The smallest absolute Gasteiger partial charge is 0.244 e. The van der Waals surface area contributed by atoms with Crippen molar-refractivity contribution < 1.29 is 17.9 Å². The average Bonchev–Trinajstić information content (AvgIpc) is 2.52. The predicted molar refractivity (Wildman–Crippen MR) is 90.5 cm³/mol. The van der Waals surface area contributed by atoms with Gasteiger partial charge in [0.25, 0.3) is 0 Å². The van der Waals surface area contributed by atoms with Crippen molar-refractivity contribution in [1.29, 1.82) is 0 Å². The standard InChI is InChI=1S/C17H27NO4S/c1-13(2)22-10-6-9-18-23(19,20)17-12-15-8-5-4-7-14(15)11-16(17)21-3/h11-13,18H,4-10H2,1-3H3. The van der Waals surface area contributed by atoms with Gasteiger partial charge in [-0.25, -0.2) is 13.1 Å². The van der Waals surface area contributed by atoms with Crippen molar-refractivity contribution >= 4 is 10.0 Å². The van der Waals surface area contributed by atoms with E-state index in [4.69, 9.17) is 9.47 Å². The molecule has 0 amide bonds. The molecule has 0 unspecified atom stereocenters. The van der Waals surface area contributed by atoms with Crippen LogP contribution in [0.4, 0.5) is 0 Å². The van der Waals surface area contributed by atoms with Gasteiger partial charge in [0.15, 0.2) is 0 Å². The van der Waals surface area contributed by atoms with Gasteiger partial charge >= 0.3 is 0 Å². The molecule has 1 N–H and O–H groups in total. The molecule has 6 heteroatoms. The van der Waals surface area contributed by atoms with Crippen molar-refractivity contribution in [3.05, 3.63) is 23.3 Å². The van der Waals surface area contributed by atoms with Gasteiger partial charge in [0.2, 0.25) is 10.0 Å². The Bertz CT molecular complexity index is 626. The van der Waals surface area contributed by atoms with E-state index >= 15 is 0 Å². The third-order valence-corrected chi connectivity index (χ3v) is 5.46. The summed E-state index contributed by atoms with van der Waals surface area (Å²) in [5.41, 5.74) is 2.33. The van der Waals surface area contributed by atoms with Crippen LogP contribution in [0.25, 0.3) is 0 Å². The lowest BCUT2D eigenvalue weighted by molar-refractivity contribution is 0.0778. The van der Waals surface area contributed by atoms with Crippen LogP contribution in [0.5, 0.6) is 5.75 Å². The Hall–Kier alpha value is -1.11. The molecule has 0 spiro atoms. The first-order chi connectivity index (χ1) is 10.9. The molecule has 0 fully saturated rings. The zero-order valence-electron chi connectivity index (χ0n) is 14.2. The van der Waals surface area contributed by atoms with E-state index in [-0.39, 0.29) is 11.0 Å². The molecule has 0 saturated carbocycles. The lowest BCUT2D eigenvalue weighted by atomic mass is 9.92. The minimum absolute atomic E-state index is 0.160. The van der Waals surface area contributed by atoms with Crippen molar-refractivity contribution in [3.8, 4) is 5.75 Å². The number of benzene rings is 1. The summed E-state index contributed by atoms with van der Waals surface area (Å²) in [7, 11) is -2.05. The number of fused-ring (bicyclic) bond motifs is 1. The van der Waals surface area contributed by atoms with Crippen LogP contribution in [0.2, 0.25) is 0 Å². The summed E-state index contributed by atoms with van der Waals surface area (Å²) in [6.45, 7) is 4.82. The van der Waals surface area contributed by atoms with Crippen LogP contribution in [0.1, 0.15) is 44.2 Å². The highest BCUT2D eigenvalue weighted by Crippen LogP contribution is 2.31. The van der Waals surface area contributed by atoms with E-state index in [1.165, 1.54) is 12.7 Å². The Morgan fingerprint density at radius 2 is 1.83 bits per heavy atom. The minimum Gasteiger partial charge on any atom is -0.495 e. The molecule has 130 valence electrons. The molecule has 0 aromatic heterocycles. The SMILES string of the molecule is COc1cc2c(cc1S(=O)(=O)NCCCOC(C)C)CCCC2. The molecule has 1 aromatic carbocycles. The van der Waals surface area contributed by atoms with Gasteiger partial charge in [-0.2, -0.15) is 0 Å². The van der Waals surface area contributed by atoms with Crippen molar-refractivity contribution in [2.24, 2.45) is 0 Å². The van der Waals surface area contributed by atoms with E-state index in [1.54, 1.807) is 6.07 Å². The molecule has 1 aliphatic carbocycles. The van der Waals surface area contributed by atoms with Crippen LogP contribution in [0.15, 0.2) is 17.0 Å². The lowest BCUT2D eigenvalue weighted by Crippen LogP contribution is -2.26. The highest BCUT2D eigenvalue weighted by Gasteiger charge is 2.22. The number of aryl methyl sites for hydroxylation is 2. The molecule has 0 bridgehead atoms. The molecule has 1 aliphatic rings. The number of ether oxygens (including phenoxy) is 2. The van der Waals surface area contributed by atoms with E-state index in [1.807, 2.05) is 19.9 Å². The quantitative estimate of drug-likeness (QED) is 0.738. The van der Waals surface area contributed by atoms with Gasteiger partial charge in [0, 0.05) is 13.2 Å². The molecule has 1 aromatic rings. The van der Waals surface area contributed by atoms with Gasteiger partial charge in [0.1, 0.15) is 10.6 Å². The lowest BCUT2D eigenvalue weighted by Gasteiger charge is -2.19. The topological polar surface area (TPSA) is 64.6 Å². The molecule has 0 atom stereocenters. The Labute approximate surface area is 139 Å². The van der Waals surface area contributed by atoms with Gasteiger partial charge in [-0.1, -0.05) is 0 Å². The normalized spacial score (nSPS) is 14.8. The number of methoxy groups -OCH3 is 1. The van der Waals surface area contributed by atoms with Crippen LogP contribution >= 0.6 is 0 Å². The second-order valence-electron chi connectivity index (χ2n) is 6.15. The fraction of sp³-hybridized carbons (Fsp3) is 0.647. The Kier molecular flexibility index (Phi) is 6.44. The van der Waals surface area contributed by atoms with Crippen molar-refractivity contribution in [2.75, 3.05) is 20.3 Å². The Balaban J connectivity index is 2.09. The summed E-state index contributed by atoms with van der Waals surface area (Å²) < 4.78 is 38.5. The third kappa shape index (κ3) is 4.93. The van der Waals surface area contributed by atoms with Crippen LogP contribution in [-0.2, 0) is 27.6 Å². The number of rotatable bonds is 8. The molecule has 0 aliphatic heterocycles. The monoisotopic (exact) mass is 341 g/mol. The number of nitrogens with one attached hydrogen (secondary N) is 1. The van der Waals surface area contributed by atoms with E-state index in [0.29, 0.717) is 25.3 Å². The first-order valence-corrected chi connectivity index (χ1v) is 9.73. The van der Waals surface area contributed by atoms with Crippen molar-refractivity contribution in [1.82, 2.24) is 4.72 Å². The molecule has 2 rings (SSSR count).